The maximum Gasteiger partial charge on any atom is 0.124 e. The fourth-order valence-corrected chi connectivity index (χ4v) is 2.99. The maximum atomic E-state index is 5.90. The van der Waals surface area contributed by atoms with Crippen LogP contribution >= 0.6 is 0 Å². The van der Waals surface area contributed by atoms with E-state index < -0.39 is 0 Å². The van der Waals surface area contributed by atoms with Gasteiger partial charge in [-0.1, -0.05) is 43.9 Å². The van der Waals surface area contributed by atoms with Gasteiger partial charge in [0.05, 0.1) is 6.10 Å². The summed E-state index contributed by atoms with van der Waals surface area (Å²) in [5.41, 5.74) is 4.16. The Morgan fingerprint density at radius 3 is 2.58 bits per heavy atom. The fourth-order valence-electron chi connectivity index (χ4n) is 2.99. The van der Waals surface area contributed by atoms with Crippen LogP contribution in [0.25, 0.3) is 0 Å². The van der Waals surface area contributed by atoms with Gasteiger partial charge >= 0.3 is 0 Å². The second-order valence-corrected chi connectivity index (χ2v) is 5.81. The van der Waals surface area contributed by atoms with E-state index in [0.717, 1.165) is 18.1 Å². The Hall–Kier alpha value is -1.06. The van der Waals surface area contributed by atoms with E-state index in [2.05, 4.69) is 31.4 Å². The second kappa shape index (κ2) is 6.92. The summed E-state index contributed by atoms with van der Waals surface area (Å²) in [6, 6.07) is 8.43. The van der Waals surface area contributed by atoms with Crippen LogP contribution in [0.1, 0.15) is 57.6 Å². The van der Waals surface area contributed by atoms with Crippen LogP contribution in [-0.2, 0) is 0 Å². The highest BCUT2D eigenvalue weighted by molar-refractivity contribution is 5.36. The Balaban J connectivity index is 2.12. The number of benzene rings is 1. The van der Waals surface area contributed by atoms with Gasteiger partial charge in [0.2, 0.25) is 0 Å². The van der Waals surface area contributed by atoms with E-state index in [0.29, 0.717) is 0 Å². The van der Waals surface area contributed by atoms with E-state index in [4.69, 9.17) is 10.6 Å². The summed E-state index contributed by atoms with van der Waals surface area (Å²) in [7, 11) is 0. The number of para-hydroxylation sites is 1. The molecule has 1 aliphatic rings. The summed E-state index contributed by atoms with van der Waals surface area (Å²) in [5.74, 6) is 7.53. The molecule has 0 heterocycles. The van der Waals surface area contributed by atoms with Gasteiger partial charge in [0.15, 0.2) is 0 Å². The number of hydrazine groups is 1. The average molecular weight is 262 g/mol. The lowest BCUT2D eigenvalue weighted by Gasteiger charge is -2.23. The summed E-state index contributed by atoms with van der Waals surface area (Å²) >= 11 is 0. The molecule has 1 aromatic rings. The Labute approximate surface area is 116 Å². The second-order valence-electron chi connectivity index (χ2n) is 5.81. The van der Waals surface area contributed by atoms with Gasteiger partial charge in [0.25, 0.3) is 0 Å². The Morgan fingerprint density at radius 2 is 1.95 bits per heavy atom. The first kappa shape index (κ1) is 14.4. The zero-order chi connectivity index (χ0) is 13.7. The van der Waals surface area contributed by atoms with Crippen molar-refractivity contribution in [2.75, 3.05) is 0 Å². The first-order valence-electron chi connectivity index (χ1n) is 7.42. The number of rotatable bonds is 6. The average Bonchev–Trinajstić information content (AvgIpc) is 2.89. The van der Waals surface area contributed by atoms with Crippen molar-refractivity contribution in [2.45, 2.75) is 58.1 Å². The van der Waals surface area contributed by atoms with Gasteiger partial charge in [0, 0.05) is 11.6 Å². The smallest absolute Gasteiger partial charge is 0.124 e. The van der Waals surface area contributed by atoms with Gasteiger partial charge in [-0.25, -0.2) is 0 Å². The minimum atomic E-state index is 0.186. The molecular weight excluding hydrogens is 236 g/mol. The van der Waals surface area contributed by atoms with Crippen molar-refractivity contribution in [1.82, 2.24) is 5.43 Å². The number of ether oxygens (including phenoxy) is 1. The van der Waals surface area contributed by atoms with Crippen LogP contribution in [0.15, 0.2) is 24.3 Å². The summed E-state index contributed by atoms with van der Waals surface area (Å²) in [5, 5.41) is 0. The van der Waals surface area contributed by atoms with Crippen LogP contribution < -0.4 is 16.0 Å². The Morgan fingerprint density at radius 1 is 1.26 bits per heavy atom. The van der Waals surface area contributed by atoms with Crippen molar-refractivity contribution < 1.29 is 4.74 Å². The van der Waals surface area contributed by atoms with Gasteiger partial charge in [-0.05, 0) is 32.3 Å². The summed E-state index contributed by atoms with van der Waals surface area (Å²) in [6.07, 6.45) is 6.70. The molecule has 0 saturated heterocycles. The molecule has 1 aromatic carbocycles. The van der Waals surface area contributed by atoms with Crippen LogP contribution in [0.4, 0.5) is 0 Å². The number of nitrogens with two attached hydrogens (primary N) is 1. The molecule has 0 amide bonds. The van der Waals surface area contributed by atoms with Gasteiger partial charge < -0.3 is 4.74 Å². The predicted molar refractivity (Wildman–Crippen MR) is 78.8 cm³/mol. The van der Waals surface area contributed by atoms with Crippen molar-refractivity contribution in [3.63, 3.8) is 0 Å². The lowest BCUT2D eigenvalue weighted by Crippen LogP contribution is -2.30. The molecule has 19 heavy (non-hydrogen) atoms. The van der Waals surface area contributed by atoms with Crippen molar-refractivity contribution in [2.24, 2.45) is 11.8 Å². The first-order valence-corrected chi connectivity index (χ1v) is 7.42. The molecule has 1 unspecified atom stereocenters. The molecule has 0 aromatic heterocycles. The predicted octanol–water partition coefficient (Wildman–Crippen LogP) is 3.56. The molecule has 3 nitrogen and oxygen atoms in total. The third-order valence-electron chi connectivity index (χ3n) is 3.90. The summed E-state index contributed by atoms with van der Waals surface area (Å²) in [6.45, 7) is 4.11. The number of nitrogens with one attached hydrogen (secondary N) is 1. The van der Waals surface area contributed by atoms with Crippen LogP contribution in [0.3, 0.4) is 0 Å². The third kappa shape index (κ3) is 3.95. The van der Waals surface area contributed by atoms with Crippen LogP contribution in [-0.4, -0.2) is 6.10 Å². The Kier molecular flexibility index (Phi) is 5.23. The minimum Gasteiger partial charge on any atom is -0.491 e. The largest absolute Gasteiger partial charge is 0.491 e. The molecular formula is C16H26N2O. The van der Waals surface area contributed by atoms with Crippen molar-refractivity contribution >= 4 is 0 Å². The fraction of sp³-hybridized carbons (Fsp3) is 0.625. The van der Waals surface area contributed by atoms with Crippen LogP contribution in [0.5, 0.6) is 5.75 Å². The quantitative estimate of drug-likeness (QED) is 0.608. The van der Waals surface area contributed by atoms with Crippen molar-refractivity contribution in [3.05, 3.63) is 29.8 Å². The minimum absolute atomic E-state index is 0.186. The van der Waals surface area contributed by atoms with Gasteiger partial charge in [-0.15, -0.1) is 0 Å². The molecule has 1 saturated carbocycles. The normalized spacial score (nSPS) is 17.9. The molecule has 1 fully saturated rings. The van der Waals surface area contributed by atoms with Crippen LogP contribution in [0, 0.1) is 5.92 Å². The van der Waals surface area contributed by atoms with E-state index in [1.54, 1.807) is 0 Å². The first-order chi connectivity index (χ1) is 9.20. The monoisotopic (exact) mass is 262 g/mol. The molecule has 0 radical (unpaired) electrons. The highest BCUT2D eigenvalue weighted by atomic mass is 16.5. The Bertz CT molecular complexity index is 386. The topological polar surface area (TPSA) is 47.3 Å². The zero-order valence-electron chi connectivity index (χ0n) is 12.1. The highest BCUT2D eigenvalue weighted by Gasteiger charge is 2.22. The number of hydrogen-bond acceptors (Lipinski definition) is 3. The molecule has 106 valence electrons. The van der Waals surface area contributed by atoms with Crippen molar-refractivity contribution in [3.8, 4) is 5.75 Å². The summed E-state index contributed by atoms with van der Waals surface area (Å²) in [4.78, 5) is 0. The molecule has 1 aliphatic carbocycles. The van der Waals surface area contributed by atoms with Gasteiger partial charge in [-0.2, -0.15) is 0 Å². The maximum absolute atomic E-state index is 5.90. The molecule has 3 N–H and O–H groups in total. The van der Waals surface area contributed by atoms with E-state index in [-0.39, 0.29) is 12.1 Å². The van der Waals surface area contributed by atoms with E-state index in [9.17, 15) is 0 Å². The molecule has 2 rings (SSSR count). The summed E-state index contributed by atoms with van der Waals surface area (Å²) < 4.78 is 5.90. The van der Waals surface area contributed by atoms with Crippen LogP contribution in [0.2, 0.25) is 0 Å². The third-order valence-corrected chi connectivity index (χ3v) is 3.90. The highest BCUT2D eigenvalue weighted by Crippen LogP contribution is 2.35. The van der Waals surface area contributed by atoms with Gasteiger partial charge in [0.1, 0.15) is 5.75 Å². The number of hydrogen-bond donors (Lipinski definition) is 2. The van der Waals surface area contributed by atoms with Crippen molar-refractivity contribution in [1.29, 1.82) is 0 Å². The van der Waals surface area contributed by atoms with E-state index >= 15 is 0 Å². The zero-order valence-corrected chi connectivity index (χ0v) is 12.1. The SMILES string of the molecule is CC(C)Oc1ccccc1C(CC1CCCC1)NN. The molecule has 0 aliphatic heterocycles. The van der Waals surface area contributed by atoms with E-state index in [1.165, 1.54) is 31.2 Å². The molecule has 0 spiro atoms. The molecule has 0 bridgehead atoms. The standard InChI is InChI=1S/C16H26N2O/c1-12(2)19-16-10-6-5-9-14(16)15(18-17)11-13-7-3-4-8-13/h5-6,9-10,12-13,15,18H,3-4,7-8,11,17H2,1-2H3. The lowest BCUT2D eigenvalue weighted by atomic mass is 9.93. The van der Waals surface area contributed by atoms with E-state index in [1.807, 2.05) is 12.1 Å². The molecule has 3 heteroatoms. The van der Waals surface area contributed by atoms with Gasteiger partial charge in [-0.3, -0.25) is 11.3 Å². The lowest BCUT2D eigenvalue weighted by molar-refractivity contribution is 0.236. The molecule has 1 atom stereocenters.